The van der Waals surface area contributed by atoms with Crippen molar-refractivity contribution >= 4 is 56.8 Å². The molecular weight excluding hydrogens is 422 g/mol. The number of hydrogen-bond acceptors (Lipinski definition) is 7. The number of hydrogen-bond donors (Lipinski definition) is 2. The zero-order chi connectivity index (χ0) is 21.7. The zero-order valence-electron chi connectivity index (χ0n) is 16.8. The molecule has 0 saturated heterocycles. The highest BCUT2D eigenvalue weighted by molar-refractivity contribution is 7.99. The lowest BCUT2D eigenvalue weighted by molar-refractivity contribution is -0.113. The first-order chi connectivity index (χ1) is 14.4. The third-order valence-electron chi connectivity index (χ3n) is 4.24. The van der Waals surface area contributed by atoms with Gasteiger partial charge in [-0.2, -0.15) is 0 Å². The van der Waals surface area contributed by atoms with E-state index in [0.29, 0.717) is 15.4 Å². The molecule has 2 aromatic heterocycles. The number of thioether (sulfide) groups is 1. The van der Waals surface area contributed by atoms with Crippen LogP contribution in [0.4, 0.5) is 5.00 Å². The van der Waals surface area contributed by atoms with Gasteiger partial charge in [0.1, 0.15) is 5.00 Å². The Hall–Kier alpha value is -2.91. The number of thiophene rings is 1. The van der Waals surface area contributed by atoms with E-state index >= 15 is 0 Å². The van der Waals surface area contributed by atoms with Gasteiger partial charge < -0.3 is 15.4 Å². The molecule has 0 atom stereocenters. The van der Waals surface area contributed by atoms with Gasteiger partial charge in [-0.05, 0) is 31.5 Å². The van der Waals surface area contributed by atoms with Gasteiger partial charge in [0.05, 0.1) is 33.3 Å². The van der Waals surface area contributed by atoms with Gasteiger partial charge in [-0.3, -0.25) is 9.59 Å². The average molecular weight is 444 g/mol. The Morgan fingerprint density at radius 3 is 2.67 bits per heavy atom. The number of esters is 1. The fraction of sp³-hybridized carbons (Fsp3) is 0.238. The summed E-state index contributed by atoms with van der Waals surface area (Å²) in [5, 5.41) is 7.35. The van der Waals surface area contributed by atoms with E-state index in [-0.39, 0.29) is 29.7 Å². The predicted octanol–water partition coefficient (Wildman–Crippen LogP) is 3.87. The molecule has 0 spiro atoms. The summed E-state index contributed by atoms with van der Waals surface area (Å²) in [5.41, 5.74) is 1.55. The van der Waals surface area contributed by atoms with Crippen LogP contribution in [-0.2, 0) is 9.53 Å². The van der Waals surface area contributed by atoms with Gasteiger partial charge in [0.15, 0.2) is 0 Å². The smallest absolute Gasteiger partial charge is 0.341 e. The van der Waals surface area contributed by atoms with Crippen molar-refractivity contribution < 1.29 is 19.1 Å². The SMILES string of the molecule is CCOC(=O)c1c(NC(=O)CSc2ccc3ccccc3n2)sc(C(=O)NC)c1C. The van der Waals surface area contributed by atoms with Crippen LogP contribution in [0.5, 0.6) is 0 Å². The monoisotopic (exact) mass is 443 g/mol. The Balaban J connectivity index is 1.76. The number of aromatic nitrogens is 1. The number of carbonyl (C=O) groups is 3. The Morgan fingerprint density at radius 2 is 1.93 bits per heavy atom. The molecule has 0 radical (unpaired) electrons. The molecule has 0 aliphatic heterocycles. The van der Waals surface area contributed by atoms with Crippen molar-refractivity contribution in [2.45, 2.75) is 18.9 Å². The van der Waals surface area contributed by atoms with Crippen molar-refractivity contribution in [1.82, 2.24) is 10.3 Å². The van der Waals surface area contributed by atoms with E-state index < -0.39 is 5.97 Å². The predicted molar refractivity (Wildman–Crippen MR) is 119 cm³/mol. The third kappa shape index (κ3) is 4.80. The van der Waals surface area contributed by atoms with Gasteiger partial charge in [-0.15, -0.1) is 11.3 Å². The molecule has 2 N–H and O–H groups in total. The number of nitrogens with zero attached hydrogens (tertiary/aromatic N) is 1. The van der Waals surface area contributed by atoms with Crippen molar-refractivity contribution in [2.24, 2.45) is 0 Å². The van der Waals surface area contributed by atoms with E-state index in [1.807, 2.05) is 36.4 Å². The molecule has 2 amide bonds. The second kappa shape index (κ2) is 9.73. The van der Waals surface area contributed by atoms with E-state index in [1.165, 1.54) is 18.8 Å². The number of rotatable bonds is 7. The van der Waals surface area contributed by atoms with Crippen LogP contribution in [0.2, 0.25) is 0 Å². The Morgan fingerprint density at radius 1 is 1.17 bits per heavy atom. The molecular formula is C21H21N3O4S2. The Kier molecular flexibility index (Phi) is 7.07. The van der Waals surface area contributed by atoms with Crippen LogP contribution < -0.4 is 10.6 Å². The Labute approximate surface area is 182 Å². The minimum Gasteiger partial charge on any atom is -0.462 e. The standard InChI is InChI=1S/C21H21N3O4S2/c1-4-28-21(27)17-12(2)18(19(26)22-3)30-20(17)24-15(25)11-29-16-10-9-13-7-5-6-8-14(13)23-16/h5-10H,4,11H2,1-3H3,(H,22,26)(H,24,25). The summed E-state index contributed by atoms with van der Waals surface area (Å²) in [6, 6.07) is 11.6. The molecule has 0 bridgehead atoms. The topological polar surface area (TPSA) is 97.4 Å². The number of amides is 2. The van der Waals surface area contributed by atoms with Gasteiger partial charge in [-0.25, -0.2) is 9.78 Å². The van der Waals surface area contributed by atoms with Crippen LogP contribution in [0, 0.1) is 6.92 Å². The summed E-state index contributed by atoms with van der Waals surface area (Å²) in [6.45, 7) is 3.56. The lowest BCUT2D eigenvalue weighted by atomic mass is 10.1. The maximum Gasteiger partial charge on any atom is 0.341 e. The van der Waals surface area contributed by atoms with Crippen LogP contribution in [0.25, 0.3) is 10.9 Å². The van der Waals surface area contributed by atoms with Gasteiger partial charge in [0.25, 0.3) is 5.91 Å². The molecule has 0 saturated carbocycles. The molecule has 0 aliphatic carbocycles. The van der Waals surface area contributed by atoms with Gasteiger partial charge in [-0.1, -0.05) is 36.0 Å². The summed E-state index contributed by atoms with van der Waals surface area (Å²) >= 11 is 2.35. The number of nitrogens with one attached hydrogen (secondary N) is 2. The largest absolute Gasteiger partial charge is 0.462 e. The molecule has 0 fully saturated rings. The summed E-state index contributed by atoms with van der Waals surface area (Å²) in [5.74, 6) is -1.08. The lowest BCUT2D eigenvalue weighted by Gasteiger charge is -2.07. The molecule has 0 unspecified atom stereocenters. The van der Waals surface area contributed by atoms with E-state index in [1.54, 1.807) is 13.8 Å². The first-order valence-corrected chi connectivity index (χ1v) is 11.1. The fourth-order valence-electron chi connectivity index (χ4n) is 2.81. The van der Waals surface area contributed by atoms with Crippen LogP contribution in [0.15, 0.2) is 41.4 Å². The summed E-state index contributed by atoms with van der Waals surface area (Å²) in [7, 11) is 1.51. The average Bonchev–Trinajstić information content (AvgIpc) is 3.07. The first-order valence-electron chi connectivity index (χ1n) is 9.25. The highest BCUT2D eigenvalue weighted by Gasteiger charge is 2.26. The van der Waals surface area contributed by atoms with Crippen LogP contribution in [0.3, 0.4) is 0 Å². The molecule has 1 aromatic carbocycles. The van der Waals surface area contributed by atoms with E-state index in [2.05, 4.69) is 15.6 Å². The number of para-hydroxylation sites is 1. The molecule has 156 valence electrons. The van der Waals surface area contributed by atoms with Crippen LogP contribution in [-0.4, -0.2) is 42.2 Å². The highest BCUT2D eigenvalue weighted by Crippen LogP contribution is 2.34. The van der Waals surface area contributed by atoms with Crippen molar-refractivity contribution in [3.05, 3.63) is 52.4 Å². The van der Waals surface area contributed by atoms with Crippen molar-refractivity contribution in [2.75, 3.05) is 24.7 Å². The second-order valence-electron chi connectivity index (χ2n) is 6.24. The first kappa shape index (κ1) is 21.8. The quantitative estimate of drug-likeness (QED) is 0.425. The third-order valence-corrected chi connectivity index (χ3v) is 6.37. The zero-order valence-corrected chi connectivity index (χ0v) is 18.4. The number of pyridine rings is 1. The van der Waals surface area contributed by atoms with Gasteiger partial charge in [0.2, 0.25) is 5.91 Å². The summed E-state index contributed by atoms with van der Waals surface area (Å²) in [6.07, 6.45) is 0. The maximum atomic E-state index is 12.5. The fourth-order valence-corrected chi connectivity index (χ4v) is 4.65. The summed E-state index contributed by atoms with van der Waals surface area (Å²) < 4.78 is 5.10. The summed E-state index contributed by atoms with van der Waals surface area (Å²) in [4.78, 5) is 41.9. The molecule has 7 nitrogen and oxygen atoms in total. The lowest BCUT2D eigenvalue weighted by Crippen LogP contribution is -2.18. The highest BCUT2D eigenvalue weighted by atomic mass is 32.2. The van der Waals surface area contributed by atoms with Crippen molar-refractivity contribution in [3.8, 4) is 0 Å². The van der Waals surface area contributed by atoms with Crippen molar-refractivity contribution in [1.29, 1.82) is 0 Å². The molecule has 3 aromatic rings. The number of anilines is 1. The molecule has 0 aliphatic rings. The Bertz CT molecular complexity index is 1110. The van der Waals surface area contributed by atoms with E-state index in [9.17, 15) is 14.4 Å². The second-order valence-corrected chi connectivity index (χ2v) is 8.26. The van der Waals surface area contributed by atoms with Gasteiger partial charge in [0, 0.05) is 12.4 Å². The number of fused-ring (bicyclic) bond motifs is 1. The van der Waals surface area contributed by atoms with E-state index in [4.69, 9.17) is 4.74 Å². The number of carbonyl (C=O) groups excluding carboxylic acids is 3. The minimum absolute atomic E-state index is 0.111. The van der Waals surface area contributed by atoms with Crippen molar-refractivity contribution in [3.63, 3.8) is 0 Å². The van der Waals surface area contributed by atoms with Crippen LogP contribution in [0.1, 0.15) is 32.5 Å². The normalized spacial score (nSPS) is 10.6. The molecule has 30 heavy (non-hydrogen) atoms. The van der Waals surface area contributed by atoms with E-state index in [0.717, 1.165) is 27.3 Å². The molecule has 2 heterocycles. The molecule has 9 heteroatoms. The van der Waals surface area contributed by atoms with Gasteiger partial charge >= 0.3 is 5.97 Å². The maximum absolute atomic E-state index is 12.5. The molecule has 3 rings (SSSR count). The van der Waals surface area contributed by atoms with Crippen LogP contribution >= 0.6 is 23.1 Å². The number of benzene rings is 1. The number of ether oxygens (including phenoxy) is 1. The minimum atomic E-state index is -0.569.